The van der Waals surface area contributed by atoms with E-state index < -0.39 is 0 Å². The molecule has 1 atom stereocenters. The van der Waals surface area contributed by atoms with Crippen molar-refractivity contribution in [1.29, 1.82) is 0 Å². The van der Waals surface area contributed by atoms with E-state index in [2.05, 4.69) is 31.1 Å². The molecule has 27 heavy (non-hydrogen) atoms. The first-order valence-electron chi connectivity index (χ1n) is 9.30. The van der Waals surface area contributed by atoms with Gasteiger partial charge in [-0.15, -0.1) is 11.3 Å². The third kappa shape index (κ3) is 3.67. The lowest BCUT2D eigenvalue weighted by Gasteiger charge is -2.25. The molecule has 1 N–H and O–H groups in total. The normalized spacial score (nSPS) is 17.4. The molecule has 4 rings (SSSR count). The van der Waals surface area contributed by atoms with E-state index in [9.17, 15) is 4.79 Å². The molecule has 1 aliphatic rings. The van der Waals surface area contributed by atoms with Crippen LogP contribution in [0.4, 0.5) is 10.5 Å². The van der Waals surface area contributed by atoms with E-state index >= 15 is 0 Å². The number of amides is 2. The quantitative estimate of drug-likeness (QED) is 0.651. The van der Waals surface area contributed by atoms with E-state index in [0.29, 0.717) is 0 Å². The van der Waals surface area contributed by atoms with Gasteiger partial charge in [-0.2, -0.15) is 0 Å². The average Bonchev–Trinajstić information content (AvgIpc) is 3.29. The number of nitrogens with one attached hydrogen (secondary N) is 1. The van der Waals surface area contributed by atoms with Crippen LogP contribution >= 0.6 is 11.3 Å². The summed E-state index contributed by atoms with van der Waals surface area (Å²) in [7, 11) is 0. The first kappa shape index (κ1) is 17.9. The second kappa shape index (κ2) is 6.93. The van der Waals surface area contributed by atoms with Gasteiger partial charge in [-0.05, 0) is 48.7 Å². The Kier molecular flexibility index (Phi) is 4.60. The third-order valence-electron chi connectivity index (χ3n) is 4.89. The van der Waals surface area contributed by atoms with Crippen molar-refractivity contribution in [3.05, 3.63) is 53.3 Å². The molecule has 0 radical (unpaired) electrons. The van der Waals surface area contributed by atoms with Crippen LogP contribution in [0.5, 0.6) is 0 Å². The second-order valence-corrected chi connectivity index (χ2v) is 9.04. The van der Waals surface area contributed by atoms with Gasteiger partial charge < -0.3 is 10.2 Å². The number of hydrogen-bond acceptors (Lipinski definition) is 4. The predicted octanol–water partition coefficient (Wildman–Crippen LogP) is 5.36. The van der Waals surface area contributed by atoms with Crippen molar-refractivity contribution in [3.8, 4) is 0 Å². The minimum Gasteiger partial charge on any atom is -0.317 e. The molecule has 1 aliphatic heterocycles. The van der Waals surface area contributed by atoms with E-state index in [0.717, 1.165) is 45.9 Å². The highest BCUT2D eigenvalue weighted by Gasteiger charge is 2.30. The van der Waals surface area contributed by atoms with Crippen LogP contribution < -0.4 is 5.32 Å². The molecule has 3 aromatic rings. The summed E-state index contributed by atoms with van der Waals surface area (Å²) in [4.78, 5) is 23.6. The number of pyridine rings is 1. The fourth-order valence-electron chi connectivity index (χ4n) is 3.46. The Labute approximate surface area is 163 Å². The molecule has 1 aromatic carbocycles. The Morgan fingerprint density at radius 2 is 2.00 bits per heavy atom. The van der Waals surface area contributed by atoms with Crippen LogP contribution in [0.3, 0.4) is 0 Å². The Morgan fingerprint density at radius 3 is 2.74 bits per heavy atom. The Balaban J connectivity index is 1.54. The van der Waals surface area contributed by atoms with Crippen LogP contribution in [0.2, 0.25) is 0 Å². The van der Waals surface area contributed by atoms with E-state index in [4.69, 9.17) is 4.98 Å². The lowest BCUT2D eigenvalue weighted by molar-refractivity contribution is 0.207. The van der Waals surface area contributed by atoms with Crippen LogP contribution in [0.15, 0.2) is 42.7 Å². The zero-order valence-corrected chi connectivity index (χ0v) is 16.7. The molecule has 1 unspecified atom stereocenters. The number of nitrogens with zero attached hydrogens (tertiary/aromatic N) is 3. The lowest BCUT2D eigenvalue weighted by Crippen LogP contribution is -2.34. The second-order valence-electron chi connectivity index (χ2n) is 8.01. The summed E-state index contributed by atoms with van der Waals surface area (Å²) in [5.41, 5.74) is 2.97. The smallest absolute Gasteiger partial charge is 0.317 e. The van der Waals surface area contributed by atoms with Gasteiger partial charge >= 0.3 is 6.03 Å². The summed E-state index contributed by atoms with van der Waals surface area (Å²) < 4.78 is 1.10. The first-order valence-corrected chi connectivity index (χ1v) is 10.1. The number of likely N-dealkylation sites (tertiary alicyclic amines) is 1. The standard InChI is InChI=1S/C21H24N4OS/c1-21(2,3)19-24-16-7-6-15(13-18(16)27-19)23-20(26)25-12-4-5-17(25)14-8-10-22-11-9-14/h6-11,13,17H,4-5,12H2,1-3H3,(H,23,26). The maximum absolute atomic E-state index is 12.9. The van der Waals surface area contributed by atoms with Crippen LogP contribution in [0.25, 0.3) is 10.2 Å². The minimum absolute atomic E-state index is 0.0282. The zero-order chi connectivity index (χ0) is 19.0. The fraction of sp³-hybridized carbons (Fsp3) is 0.381. The molecular formula is C21H24N4OS. The van der Waals surface area contributed by atoms with Crippen molar-refractivity contribution in [1.82, 2.24) is 14.9 Å². The van der Waals surface area contributed by atoms with Crippen molar-refractivity contribution >= 4 is 33.3 Å². The van der Waals surface area contributed by atoms with Crippen molar-refractivity contribution in [2.24, 2.45) is 0 Å². The number of thiazole rings is 1. The van der Waals surface area contributed by atoms with Gasteiger partial charge in [0.05, 0.1) is 21.3 Å². The number of rotatable bonds is 2. The molecule has 0 bridgehead atoms. The monoisotopic (exact) mass is 380 g/mol. The number of urea groups is 1. The van der Waals surface area contributed by atoms with Crippen molar-refractivity contribution < 1.29 is 4.79 Å². The van der Waals surface area contributed by atoms with Crippen molar-refractivity contribution in [2.45, 2.75) is 45.1 Å². The number of benzene rings is 1. The third-order valence-corrected chi connectivity index (χ3v) is 6.33. The number of aromatic nitrogens is 2. The minimum atomic E-state index is -0.0470. The lowest BCUT2D eigenvalue weighted by atomic mass is 9.98. The predicted molar refractivity (Wildman–Crippen MR) is 110 cm³/mol. The average molecular weight is 381 g/mol. The Bertz CT molecular complexity index is 961. The zero-order valence-electron chi connectivity index (χ0n) is 15.9. The maximum Gasteiger partial charge on any atom is 0.322 e. The number of carbonyl (C=O) groups excluding carboxylic acids is 1. The number of fused-ring (bicyclic) bond motifs is 1. The maximum atomic E-state index is 12.9. The van der Waals surface area contributed by atoms with Gasteiger partial charge in [0.2, 0.25) is 0 Å². The molecule has 1 saturated heterocycles. The summed E-state index contributed by atoms with van der Waals surface area (Å²) in [5.74, 6) is 0. The summed E-state index contributed by atoms with van der Waals surface area (Å²) in [6.45, 7) is 7.27. The molecule has 2 amide bonds. The molecule has 0 saturated carbocycles. The topological polar surface area (TPSA) is 58.1 Å². The van der Waals surface area contributed by atoms with Gasteiger partial charge in [-0.25, -0.2) is 9.78 Å². The summed E-state index contributed by atoms with van der Waals surface area (Å²) in [6.07, 6.45) is 5.58. The van der Waals surface area contributed by atoms with Crippen LogP contribution in [-0.2, 0) is 5.41 Å². The summed E-state index contributed by atoms with van der Waals surface area (Å²) in [6, 6.07) is 10.0. The van der Waals surface area contributed by atoms with Gasteiger partial charge in [0, 0.05) is 30.0 Å². The molecule has 1 fully saturated rings. The number of carbonyl (C=O) groups is 1. The number of hydrogen-bond donors (Lipinski definition) is 1. The molecule has 5 nitrogen and oxygen atoms in total. The van der Waals surface area contributed by atoms with Gasteiger partial charge in [0.15, 0.2) is 0 Å². The molecule has 2 aromatic heterocycles. The highest BCUT2D eigenvalue weighted by molar-refractivity contribution is 7.18. The fourth-order valence-corrected chi connectivity index (χ4v) is 4.52. The Hall–Kier alpha value is -2.47. The van der Waals surface area contributed by atoms with E-state index in [-0.39, 0.29) is 17.5 Å². The summed E-state index contributed by atoms with van der Waals surface area (Å²) >= 11 is 1.69. The van der Waals surface area contributed by atoms with Gasteiger partial charge in [-0.3, -0.25) is 4.98 Å². The Morgan fingerprint density at radius 1 is 1.22 bits per heavy atom. The van der Waals surface area contributed by atoms with E-state index in [1.54, 1.807) is 23.7 Å². The van der Waals surface area contributed by atoms with Gasteiger partial charge in [0.1, 0.15) is 0 Å². The van der Waals surface area contributed by atoms with Crippen molar-refractivity contribution in [2.75, 3.05) is 11.9 Å². The van der Waals surface area contributed by atoms with Crippen molar-refractivity contribution in [3.63, 3.8) is 0 Å². The first-order chi connectivity index (χ1) is 12.9. The van der Waals surface area contributed by atoms with E-state index in [1.165, 1.54) is 0 Å². The molecular weight excluding hydrogens is 356 g/mol. The molecule has 0 spiro atoms. The van der Waals surface area contributed by atoms with Crippen LogP contribution in [0, 0.1) is 0 Å². The van der Waals surface area contributed by atoms with Gasteiger partial charge in [0.25, 0.3) is 0 Å². The van der Waals surface area contributed by atoms with E-state index in [1.807, 2.05) is 35.2 Å². The molecule has 140 valence electrons. The molecule has 3 heterocycles. The largest absolute Gasteiger partial charge is 0.322 e. The highest BCUT2D eigenvalue weighted by Crippen LogP contribution is 2.34. The van der Waals surface area contributed by atoms with Gasteiger partial charge in [-0.1, -0.05) is 20.8 Å². The summed E-state index contributed by atoms with van der Waals surface area (Å²) in [5, 5.41) is 4.18. The molecule has 6 heteroatoms. The van der Waals surface area contributed by atoms with Crippen LogP contribution in [-0.4, -0.2) is 27.4 Å². The van der Waals surface area contributed by atoms with Crippen LogP contribution in [0.1, 0.15) is 50.2 Å². The SMILES string of the molecule is CC(C)(C)c1nc2ccc(NC(=O)N3CCCC3c3ccncc3)cc2s1. The highest BCUT2D eigenvalue weighted by atomic mass is 32.1. The number of anilines is 1. The molecule has 0 aliphatic carbocycles.